The molecule has 0 aromatic carbocycles. The zero-order valence-electron chi connectivity index (χ0n) is 8.32. The van der Waals surface area contributed by atoms with Crippen LogP contribution in [0, 0.1) is 17.0 Å². The molecule has 9 heteroatoms. The first-order valence-corrected chi connectivity index (χ1v) is 5.14. The lowest BCUT2D eigenvalue weighted by molar-refractivity contribution is -0.392. The van der Waals surface area contributed by atoms with Crippen molar-refractivity contribution in [1.29, 1.82) is 0 Å². The molecule has 0 spiro atoms. The third-order valence-electron chi connectivity index (χ3n) is 2.00. The fourth-order valence-corrected chi connectivity index (χ4v) is 1.86. The Labute approximate surface area is 93.9 Å². The predicted molar refractivity (Wildman–Crippen MR) is 57.0 cm³/mol. The maximum Gasteiger partial charge on any atom is 0.343 e. The molecule has 2 heterocycles. The zero-order valence-corrected chi connectivity index (χ0v) is 9.14. The van der Waals surface area contributed by atoms with Crippen LogP contribution in [0.1, 0.15) is 10.8 Å². The molecule has 0 atom stereocenters. The first-order chi connectivity index (χ1) is 7.58. The van der Waals surface area contributed by atoms with Crippen LogP contribution in [0.15, 0.2) is 6.20 Å². The molecule has 0 saturated carbocycles. The number of hydrogen-bond acceptors (Lipinski definition) is 7. The van der Waals surface area contributed by atoms with E-state index in [9.17, 15) is 10.1 Å². The molecule has 0 unspecified atom stereocenters. The van der Waals surface area contributed by atoms with Gasteiger partial charge >= 0.3 is 5.82 Å². The lowest BCUT2D eigenvalue weighted by atomic mass is 10.6. The van der Waals surface area contributed by atoms with Crippen molar-refractivity contribution in [3.8, 4) is 0 Å². The quantitative estimate of drug-likeness (QED) is 0.620. The number of aryl methyl sites for hydroxylation is 1. The summed E-state index contributed by atoms with van der Waals surface area (Å²) in [5.41, 5.74) is 5.43. The van der Waals surface area contributed by atoms with E-state index >= 15 is 0 Å². The predicted octanol–water partition coefficient (Wildman–Crippen LogP) is 0.582. The molecule has 0 radical (unpaired) electrons. The van der Waals surface area contributed by atoms with Crippen LogP contribution in [-0.4, -0.2) is 24.7 Å². The Kier molecular flexibility index (Phi) is 2.52. The zero-order chi connectivity index (χ0) is 11.7. The van der Waals surface area contributed by atoms with Crippen molar-refractivity contribution in [3.05, 3.63) is 27.1 Å². The Balaban J connectivity index is 2.33. The molecular formula is C7H8N6O2S. The monoisotopic (exact) mass is 240 g/mol. The van der Waals surface area contributed by atoms with Crippen molar-refractivity contribution in [3.63, 3.8) is 0 Å². The molecule has 0 saturated heterocycles. The van der Waals surface area contributed by atoms with Gasteiger partial charge in [0.25, 0.3) is 0 Å². The van der Waals surface area contributed by atoms with E-state index in [0.29, 0.717) is 16.0 Å². The van der Waals surface area contributed by atoms with Gasteiger partial charge < -0.3 is 15.8 Å². The topological polar surface area (TPSA) is 113 Å². The summed E-state index contributed by atoms with van der Waals surface area (Å²) in [4.78, 5) is 14.1. The first kappa shape index (κ1) is 10.5. The van der Waals surface area contributed by atoms with Crippen LogP contribution in [0.4, 0.5) is 10.9 Å². The van der Waals surface area contributed by atoms with Gasteiger partial charge in [-0.1, -0.05) is 11.3 Å². The van der Waals surface area contributed by atoms with E-state index in [-0.39, 0.29) is 12.4 Å². The normalized spacial score (nSPS) is 10.6. The summed E-state index contributed by atoms with van der Waals surface area (Å²) < 4.78 is 1.46. The van der Waals surface area contributed by atoms with E-state index in [0.717, 1.165) is 0 Å². The van der Waals surface area contributed by atoms with Crippen LogP contribution in [0.5, 0.6) is 0 Å². The van der Waals surface area contributed by atoms with Gasteiger partial charge in [-0.25, -0.2) is 9.55 Å². The fourth-order valence-electron chi connectivity index (χ4n) is 1.26. The Bertz CT molecular complexity index is 533. The van der Waals surface area contributed by atoms with E-state index in [1.165, 1.54) is 22.1 Å². The molecule has 0 amide bonds. The van der Waals surface area contributed by atoms with E-state index < -0.39 is 4.92 Å². The smallest absolute Gasteiger partial charge is 0.343 e. The summed E-state index contributed by atoms with van der Waals surface area (Å²) in [7, 11) is 0. The number of aromatic nitrogens is 4. The molecule has 0 bridgehead atoms. The van der Waals surface area contributed by atoms with Crippen LogP contribution in [-0.2, 0) is 6.54 Å². The number of hydrogen-bond donors (Lipinski definition) is 1. The number of nitrogens with two attached hydrogens (primary N) is 1. The minimum atomic E-state index is -0.482. The number of rotatable bonds is 3. The second kappa shape index (κ2) is 3.85. The number of nitrogens with zero attached hydrogens (tertiary/aromatic N) is 5. The van der Waals surface area contributed by atoms with Crippen LogP contribution in [0.25, 0.3) is 0 Å². The van der Waals surface area contributed by atoms with Crippen LogP contribution >= 0.6 is 11.3 Å². The first-order valence-electron chi connectivity index (χ1n) is 4.32. The van der Waals surface area contributed by atoms with Crippen molar-refractivity contribution in [2.45, 2.75) is 13.5 Å². The Morgan fingerprint density at radius 3 is 2.94 bits per heavy atom. The lowest BCUT2D eigenvalue weighted by Crippen LogP contribution is -2.05. The van der Waals surface area contributed by atoms with Crippen molar-refractivity contribution < 1.29 is 4.92 Å². The maximum absolute atomic E-state index is 10.7. The van der Waals surface area contributed by atoms with Gasteiger partial charge in [0.1, 0.15) is 12.7 Å². The summed E-state index contributed by atoms with van der Waals surface area (Å²) in [5, 5.41) is 19.1. The summed E-state index contributed by atoms with van der Waals surface area (Å²) in [6.45, 7) is 1.95. The van der Waals surface area contributed by atoms with Crippen LogP contribution in [0.3, 0.4) is 0 Å². The highest BCUT2D eigenvalue weighted by Gasteiger charge is 2.19. The van der Waals surface area contributed by atoms with Gasteiger partial charge in [-0.05, 0) is 4.92 Å². The van der Waals surface area contributed by atoms with E-state index in [1.54, 1.807) is 6.92 Å². The van der Waals surface area contributed by atoms with Crippen molar-refractivity contribution in [1.82, 2.24) is 19.7 Å². The van der Waals surface area contributed by atoms with Gasteiger partial charge in [-0.15, -0.1) is 10.2 Å². The van der Waals surface area contributed by atoms with Gasteiger partial charge in [0.15, 0.2) is 10.8 Å². The molecule has 2 rings (SSSR count). The highest BCUT2D eigenvalue weighted by Crippen LogP contribution is 2.18. The van der Waals surface area contributed by atoms with E-state index in [2.05, 4.69) is 15.2 Å². The Morgan fingerprint density at radius 1 is 1.62 bits per heavy atom. The average molecular weight is 240 g/mol. The highest BCUT2D eigenvalue weighted by atomic mass is 32.1. The molecule has 0 aliphatic carbocycles. The lowest BCUT2D eigenvalue weighted by Gasteiger charge is -1.98. The Morgan fingerprint density at radius 2 is 2.38 bits per heavy atom. The van der Waals surface area contributed by atoms with Crippen LogP contribution < -0.4 is 5.73 Å². The molecule has 0 fully saturated rings. The molecule has 8 nitrogen and oxygen atoms in total. The average Bonchev–Trinajstić information content (AvgIpc) is 2.76. The second-order valence-electron chi connectivity index (χ2n) is 3.04. The number of nitrogen functional groups attached to an aromatic ring is 1. The standard InChI is InChI=1S/C7H8N6O2S/c1-4-9-2-6(13(14)15)12(4)3-5-10-11-7(8)16-5/h2H,3H2,1H3,(H2,8,11). The van der Waals surface area contributed by atoms with Gasteiger partial charge in [0, 0.05) is 6.92 Å². The van der Waals surface area contributed by atoms with Crippen molar-refractivity contribution in [2.75, 3.05) is 5.73 Å². The fraction of sp³-hybridized carbons (Fsp3) is 0.286. The van der Waals surface area contributed by atoms with Gasteiger partial charge in [0.2, 0.25) is 5.13 Å². The largest absolute Gasteiger partial charge is 0.374 e. The molecule has 84 valence electrons. The van der Waals surface area contributed by atoms with Crippen molar-refractivity contribution in [2.24, 2.45) is 0 Å². The van der Waals surface area contributed by atoms with Gasteiger partial charge in [-0.3, -0.25) is 0 Å². The Hall–Kier alpha value is -2.03. The molecule has 0 aliphatic rings. The van der Waals surface area contributed by atoms with E-state index in [4.69, 9.17) is 5.73 Å². The SMILES string of the molecule is Cc1ncc([N+](=O)[O-])n1Cc1nnc(N)s1. The minimum Gasteiger partial charge on any atom is -0.374 e. The highest BCUT2D eigenvalue weighted by molar-refractivity contribution is 7.15. The van der Waals surface area contributed by atoms with Crippen LogP contribution in [0.2, 0.25) is 0 Å². The van der Waals surface area contributed by atoms with E-state index in [1.807, 2.05) is 0 Å². The van der Waals surface area contributed by atoms with Crippen molar-refractivity contribution >= 4 is 22.3 Å². The summed E-state index contributed by atoms with van der Waals surface area (Å²) >= 11 is 1.20. The van der Waals surface area contributed by atoms with Gasteiger partial charge in [-0.2, -0.15) is 0 Å². The molecule has 16 heavy (non-hydrogen) atoms. The summed E-state index contributed by atoms with van der Waals surface area (Å²) in [6.07, 6.45) is 1.22. The molecule has 2 aromatic heterocycles. The minimum absolute atomic E-state index is 0.0636. The second-order valence-corrected chi connectivity index (χ2v) is 4.13. The molecular weight excluding hydrogens is 232 g/mol. The maximum atomic E-state index is 10.7. The molecule has 2 aromatic rings. The van der Waals surface area contributed by atoms with Gasteiger partial charge in [0.05, 0.1) is 0 Å². The number of nitro groups is 1. The number of imidazole rings is 1. The molecule has 2 N–H and O–H groups in total. The third-order valence-corrected chi connectivity index (χ3v) is 2.73. The third kappa shape index (κ3) is 1.84. The summed E-state index contributed by atoms with van der Waals surface area (Å²) in [6, 6.07) is 0. The summed E-state index contributed by atoms with van der Waals surface area (Å²) in [5.74, 6) is 0.492. The molecule has 0 aliphatic heterocycles. The number of anilines is 1.